The van der Waals surface area contributed by atoms with E-state index in [-0.39, 0.29) is 0 Å². The fourth-order valence-electron chi connectivity index (χ4n) is 2.80. The third-order valence-corrected chi connectivity index (χ3v) is 6.63. The zero-order chi connectivity index (χ0) is 20.1. The molecule has 0 fully saturated rings. The fraction of sp³-hybridized carbons (Fsp3) is 0.619. The second kappa shape index (κ2) is 13.4. The van der Waals surface area contributed by atoms with Crippen molar-refractivity contribution in [2.24, 2.45) is 0 Å². The molecule has 1 aromatic carbocycles. The molecule has 0 saturated heterocycles. The molecule has 1 aromatic rings. The first-order valence-electron chi connectivity index (χ1n) is 10.1. The van der Waals surface area contributed by atoms with Crippen molar-refractivity contribution in [1.82, 2.24) is 5.09 Å². The third-order valence-electron chi connectivity index (χ3n) is 4.41. The zero-order valence-corrected chi connectivity index (χ0v) is 19.0. The van der Waals surface area contributed by atoms with Crippen LogP contribution in [0.4, 0.5) is 0 Å². The maximum absolute atomic E-state index is 12.4. The lowest BCUT2D eigenvalue weighted by molar-refractivity contribution is 0.246. The molecule has 0 bridgehead atoms. The summed E-state index contributed by atoms with van der Waals surface area (Å²) in [5.74, 6) is 0.859. The summed E-state index contributed by atoms with van der Waals surface area (Å²) in [6.07, 6.45) is 6.75. The molecular formula is C21H36NO3PS. The minimum absolute atomic E-state index is 0.316. The molecule has 0 aliphatic rings. The summed E-state index contributed by atoms with van der Waals surface area (Å²) in [5, 5.41) is 2.80. The van der Waals surface area contributed by atoms with Gasteiger partial charge in [0.1, 0.15) is 0 Å². The van der Waals surface area contributed by atoms with Crippen LogP contribution in [-0.4, -0.2) is 11.5 Å². The molecule has 0 amide bonds. The van der Waals surface area contributed by atoms with Crippen LogP contribution in [0.5, 0.6) is 0 Å². The molecule has 27 heavy (non-hydrogen) atoms. The predicted octanol–water partition coefficient (Wildman–Crippen LogP) is 6.80. The fourth-order valence-corrected chi connectivity index (χ4v) is 4.92. The molecule has 0 aliphatic heterocycles. The topological polar surface area (TPSA) is 58.6 Å². The molecule has 0 radical (unpaired) electrons. The van der Waals surface area contributed by atoms with Crippen LogP contribution in [0.1, 0.15) is 77.3 Å². The number of hydrogen-bond donors (Lipinski definition) is 2. The smallest absolute Gasteiger partial charge is 0.308 e. The summed E-state index contributed by atoms with van der Waals surface area (Å²) in [6, 6.07) is 8.45. The highest BCUT2D eigenvalue weighted by Crippen LogP contribution is 2.40. The Kier molecular flexibility index (Phi) is 12.1. The highest BCUT2D eigenvalue weighted by Gasteiger charge is 2.21. The normalized spacial score (nSPS) is 14.6. The van der Waals surface area contributed by atoms with E-state index in [9.17, 15) is 9.46 Å². The van der Waals surface area contributed by atoms with Gasteiger partial charge in [-0.3, -0.25) is 9.61 Å². The quantitative estimate of drug-likeness (QED) is 0.259. The van der Waals surface area contributed by atoms with Crippen molar-refractivity contribution in [3.05, 3.63) is 46.0 Å². The molecule has 0 spiro atoms. The first kappa shape index (κ1) is 24.3. The molecule has 154 valence electrons. The van der Waals surface area contributed by atoms with Gasteiger partial charge in [0.15, 0.2) is 0 Å². The standard InChI is InChI=1S/C21H36NO3PS/c1-5-8-9-12-16-25-26(23,24)22-21(13-6-2)18(4)27-17-20-15-11-10-14-19(20)7-3/h10-11,14-15H,5-9,12-13,16-17H2,1-4H3,(H2,22,23,24)/b21-18-. The molecular weight excluding hydrogens is 377 g/mol. The molecule has 4 nitrogen and oxygen atoms in total. The Morgan fingerprint density at radius 3 is 2.44 bits per heavy atom. The van der Waals surface area contributed by atoms with Crippen molar-refractivity contribution < 1.29 is 14.0 Å². The largest absolute Gasteiger partial charge is 0.429 e. The Morgan fingerprint density at radius 2 is 1.81 bits per heavy atom. The van der Waals surface area contributed by atoms with Crippen LogP contribution >= 0.6 is 19.5 Å². The Labute approximate surface area is 169 Å². The molecule has 1 unspecified atom stereocenters. The molecule has 0 aromatic heterocycles. The van der Waals surface area contributed by atoms with E-state index in [1.54, 1.807) is 11.8 Å². The summed E-state index contributed by atoms with van der Waals surface area (Å²) in [5.41, 5.74) is 3.49. The van der Waals surface area contributed by atoms with Crippen LogP contribution < -0.4 is 5.09 Å². The highest BCUT2D eigenvalue weighted by atomic mass is 32.2. The maximum Gasteiger partial charge on any atom is 0.429 e. The summed E-state index contributed by atoms with van der Waals surface area (Å²) >= 11 is 1.71. The number of allylic oxidation sites excluding steroid dienone is 2. The summed E-state index contributed by atoms with van der Waals surface area (Å²) in [6.45, 7) is 8.70. The second-order valence-electron chi connectivity index (χ2n) is 6.72. The van der Waals surface area contributed by atoms with Gasteiger partial charge in [0.25, 0.3) is 0 Å². The van der Waals surface area contributed by atoms with E-state index in [0.717, 1.165) is 61.3 Å². The number of hydrogen-bond acceptors (Lipinski definition) is 3. The summed E-state index contributed by atoms with van der Waals surface area (Å²) < 4.78 is 17.6. The van der Waals surface area contributed by atoms with Crippen molar-refractivity contribution in [2.75, 3.05) is 6.61 Å². The second-order valence-corrected chi connectivity index (χ2v) is 9.43. The van der Waals surface area contributed by atoms with Gasteiger partial charge in [0.05, 0.1) is 6.61 Å². The van der Waals surface area contributed by atoms with Gasteiger partial charge in [-0.05, 0) is 37.3 Å². The van der Waals surface area contributed by atoms with E-state index in [1.165, 1.54) is 11.1 Å². The lowest BCUT2D eigenvalue weighted by Crippen LogP contribution is -2.14. The van der Waals surface area contributed by atoms with E-state index < -0.39 is 7.75 Å². The number of rotatable bonds is 14. The maximum atomic E-state index is 12.4. The van der Waals surface area contributed by atoms with Crippen molar-refractivity contribution >= 4 is 19.5 Å². The Balaban J connectivity index is 2.69. The van der Waals surface area contributed by atoms with Crippen LogP contribution in [0.25, 0.3) is 0 Å². The van der Waals surface area contributed by atoms with Crippen molar-refractivity contribution in [3.8, 4) is 0 Å². The molecule has 6 heteroatoms. The van der Waals surface area contributed by atoms with Crippen molar-refractivity contribution in [1.29, 1.82) is 0 Å². The van der Waals surface area contributed by atoms with E-state index in [2.05, 4.69) is 50.1 Å². The van der Waals surface area contributed by atoms with Gasteiger partial charge in [-0.15, -0.1) is 11.8 Å². The molecule has 0 heterocycles. The molecule has 1 rings (SSSR count). The van der Waals surface area contributed by atoms with Crippen LogP contribution in [0, 0.1) is 0 Å². The molecule has 1 atom stereocenters. The van der Waals surface area contributed by atoms with Crippen LogP contribution in [0.2, 0.25) is 0 Å². The predicted molar refractivity (Wildman–Crippen MR) is 118 cm³/mol. The number of unbranched alkanes of at least 4 members (excludes halogenated alkanes) is 3. The SMILES string of the molecule is CCCCCCOP(=O)(O)N/C(CCC)=C(/C)SCc1ccccc1CC. The Morgan fingerprint density at radius 1 is 1.11 bits per heavy atom. The third kappa shape index (κ3) is 9.84. The van der Waals surface area contributed by atoms with Gasteiger partial charge in [-0.2, -0.15) is 0 Å². The summed E-state index contributed by atoms with van der Waals surface area (Å²) in [4.78, 5) is 11.2. The van der Waals surface area contributed by atoms with Crippen LogP contribution in [-0.2, 0) is 21.3 Å². The first-order chi connectivity index (χ1) is 12.9. The van der Waals surface area contributed by atoms with Gasteiger partial charge < -0.3 is 4.89 Å². The van der Waals surface area contributed by atoms with Gasteiger partial charge in [-0.1, -0.05) is 70.7 Å². The lowest BCUT2D eigenvalue weighted by atomic mass is 10.1. The van der Waals surface area contributed by atoms with Crippen molar-refractivity contribution in [2.45, 2.75) is 78.4 Å². The van der Waals surface area contributed by atoms with Crippen LogP contribution in [0.15, 0.2) is 34.9 Å². The zero-order valence-electron chi connectivity index (χ0n) is 17.3. The number of nitrogens with one attached hydrogen (secondary N) is 1. The Bertz CT molecular complexity index is 634. The van der Waals surface area contributed by atoms with Gasteiger partial charge in [0, 0.05) is 16.4 Å². The molecule has 0 saturated carbocycles. The minimum Gasteiger partial charge on any atom is -0.308 e. The number of aryl methyl sites for hydroxylation is 1. The van der Waals surface area contributed by atoms with Crippen LogP contribution in [0.3, 0.4) is 0 Å². The highest BCUT2D eigenvalue weighted by molar-refractivity contribution is 8.02. The van der Waals surface area contributed by atoms with Gasteiger partial charge in [-0.25, -0.2) is 4.57 Å². The van der Waals surface area contributed by atoms with E-state index in [4.69, 9.17) is 4.52 Å². The van der Waals surface area contributed by atoms with E-state index in [0.29, 0.717) is 6.61 Å². The van der Waals surface area contributed by atoms with E-state index >= 15 is 0 Å². The number of thioether (sulfide) groups is 1. The lowest BCUT2D eigenvalue weighted by Gasteiger charge is -2.19. The first-order valence-corrected chi connectivity index (χ1v) is 12.6. The molecule has 2 N–H and O–H groups in total. The van der Waals surface area contributed by atoms with Gasteiger partial charge in [0.2, 0.25) is 0 Å². The van der Waals surface area contributed by atoms with Gasteiger partial charge >= 0.3 is 7.75 Å². The average Bonchev–Trinajstić information content (AvgIpc) is 2.65. The summed E-state index contributed by atoms with van der Waals surface area (Å²) in [7, 11) is -3.81. The average molecular weight is 414 g/mol. The number of benzene rings is 1. The molecule has 0 aliphatic carbocycles. The Hall–Kier alpha value is -0.740. The monoisotopic (exact) mass is 413 g/mol. The van der Waals surface area contributed by atoms with E-state index in [1.807, 2.05) is 6.92 Å². The minimum atomic E-state index is -3.81. The van der Waals surface area contributed by atoms with Crippen molar-refractivity contribution in [3.63, 3.8) is 0 Å².